The summed E-state index contributed by atoms with van der Waals surface area (Å²) in [7, 11) is -21.7. The lowest BCUT2D eigenvalue weighted by Crippen LogP contribution is -2.15. The van der Waals surface area contributed by atoms with Crippen LogP contribution >= 0.6 is 12.6 Å². The quantitative estimate of drug-likeness (QED) is 0.0373. The number of sulfone groups is 2. The second-order valence-electron chi connectivity index (χ2n) is 10.6. The van der Waals surface area contributed by atoms with Crippen molar-refractivity contribution >= 4 is 102 Å². The molecule has 20 nitrogen and oxygen atoms in total. The van der Waals surface area contributed by atoms with Crippen LogP contribution in [0.15, 0.2) is 101 Å². The van der Waals surface area contributed by atoms with Crippen LogP contribution < -0.4 is 5.73 Å². The molecule has 286 valence electrons. The summed E-state index contributed by atoms with van der Waals surface area (Å²) in [6, 6.07) is 11.6. The van der Waals surface area contributed by atoms with E-state index in [2.05, 4.69) is 41.5 Å². The maximum absolute atomic E-state index is 12.5. The molecule has 0 heterocycles. The summed E-state index contributed by atoms with van der Waals surface area (Å²) in [5.74, 6) is -2.07. The number of hydrogen-bond donors (Lipinski definition) is 5. The lowest BCUT2D eigenvalue weighted by atomic mass is 10.1. The van der Waals surface area contributed by atoms with Gasteiger partial charge >= 0.3 is 10.4 Å². The average molecular weight is 854 g/mol. The summed E-state index contributed by atoms with van der Waals surface area (Å²) >= 11 is 4.28. The number of anilines is 1. The molecule has 0 spiro atoms. The highest BCUT2D eigenvalue weighted by molar-refractivity contribution is 7.91. The van der Waals surface area contributed by atoms with Crippen molar-refractivity contribution in [1.29, 1.82) is 0 Å². The molecule has 0 saturated carbocycles. The third-order valence-electron chi connectivity index (χ3n) is 6.76. The van der Waals surface area contributed by atoms with Crippen molar-refractivity contribution in [2.24, 2.45) is 20.5 Å². The number of nitrogens with zero attached hydrogens (tertiary/aromatic N) is 4. The second kappa shape index (κ2) is 15.7. The molecule has 0 radical (unpaired) electrons. The number of rotatable bonds is 15. The maximum atomic E-state index is 12.5. The number of benzene rings is 4. The summed E-state index contributed by atoms with van der Waals surface area (Å²) in [6.45, 7) is -1.45. The zero-order valence-corrected chi connectivity index (χ0v) is 31.7. The van der Waals surface area contributed by atoms with E-state index in [9.17, 15) is 51.7 Å². The van der Waals surface area contributed by atoms with Crippen molar-refractivity contribution in [2.75, 3.05) is 36.7 Å². The molecular weight excluding hydrogens is 827 g/mol. The monoisotopic (exact) mass is 853 g/mol. The number of thiol groups is 1. The number of aromatic hydroxyl groups is 1. The van der Waals surface area contributed by atoms with Crippen molar-refractivity contribution in [3.63, 3.8) is 0 Å². The molecule has 0 aliphatic rings. The Morgan fingerprint density at radius 1 is 0.679 bits per heavy atom. The van der Waals surface area contributed by atoms with Crippen molar-refractivity contribution < 1.29 is 64.7 Å². The molecule has 4 aromatic rings. The third kappa shape index (κ3) is 11.0. The predicted octanol–water partition coefficient (Wildman–Crippen LogP) is 3.84. The molecule has 0 atom stereocenters. The molecule has 26 heteroatoms. The van der Waals surface area contributed by atoms with Crippen LogP contribution in [-0.4, -0.2) is 87.3 Å². The Morgan fingerprint density at radius 2 is 1.13 bits per heavy atom. The molecule has 0 unspecified atom stereocenters. The Balaban J connectivity index is 1.66. The van der Waals surface area contributed by atoms with E-state index in [1.807, 2.05) is 0 Å². The van der Waals surface area contributed by atoms with Crippen molar-refractivity contribution in [3.05, 3.63) is 60.7 Å². The molecule has 0 aromatic heterocycles. The highest BCUT2D eigenvalue weighted by atomic mass is 32.3. The molecule has 0 aliphatic carbocycles. The minimum absolute atomic E-state index is 0.00760. The molecule has 0 bridgehead atoms. The van der Waals surface area contributed by atoms with Gasteiger partial charge in [0.2, 0.25) is 0 Å². The molecule has 0 amide bonds. The van der Waals surface area contributed by atoms with Crippen LogP contribution in [0.25, 0.3) is 10.8 Å². The molecule has 5 N–H and O–H groups in total. The number of phenolic OH excluding ortho intramolecular Hbond substituents is 1. The van der Waals surface area contributed by atoms with E-state index < -0.39 is 97.0 Å². The van der Waals surface area contributed by atoms with Crippen LogP contribution in [0.4, 0.5) is 28.4 Å². The van der Waals surface area contributed by atoms with Gasteiger partial charge in [0, 0.05) is 4.90 Å². The fraction of sp³-hybridized carbons (Fsp3) is 0.185. The SMILES string of the molecule is CS(=O)(=O)OCCS(=O)(=O)c1ccc(/N=N/c2c(S(=O)(=O)O)cc3cc(S)c(/N=N/c4ccc(S(=O)(=O)CCOS(=O)(=O)O)cc4)c(O)c3c2N)cc1. The predicted molar refractivity (Wildman–Crippen MR) is 191 cm³/mol. The number of nitrogens with two attached hydrogens (primary N) is 1. The standard InChI is InChI=1S/C27H27N5O15S6/c1-49(34,35)46-10-12-50(36,37)19-8-4-18(5-9-19)30-32-26-22(52(40,41)42)15-16-14-21(48)25(27(33)23(16)24(26)28)31-29-17-2-6-20(7-3-17)51(38,39)13-11-47-53(43,44)45/h2-9,14-15,33,48H,10-13,28H2,1H3,(H,40,41,42)(H,43,44,45)/b31-29+,32-30+. The van der Waals surface area contributed by atoms with Crippen molar-refractivity contribution in [1.82, 2.24) is 0 Å². The molecule has 0 fully saturated rings. The number of azo groups is 2. The summed E-state index contributed by atoms with van der Waals surface area (Å²) in [5.41, 5.74) is 4.95. The molecule has 0 saturated heterocycles. The highest BCUT2D eigenvalue weighted by Gasteiger charge is 2.25. The van der Waals surface area contributed by atoms with E-state index in [4.69, 9.17) is 10.3 Å². The van der Waals surface area contributed by atoms with Gasteiger partial charge in [-0.3, -0.25) is 13.3 Å². The molecule has 53 heavy (non-hydrogen) atoms. The fourth-order valence-electron chi connectivity index (χ4n) is 4.36. The molecule has 4 rings (SSSR count). The largest absolute Gasteiger partial charge is 0.505 e. The van der Waals surface area contributed by atoms with E-state index in [1.165, 1.54) is 30.3 Å². The zero-order valence-electron chi connectivity index (χ0n) is 26.7. The second-order valence-corrected chi connectivity index (χ2v) is 19.4. The first-order valence-corrected chi connectivity index (χ1v) is 22.5. The third-order valence-corrected chi connectivity index (χ3v) is 12.4. The van der Waals surface area contributed by atoms with Gasteiger partial charge in [0.05, 0.1) is 63.2 Å². The Kier molecular flexibility index (Phi) is 12.3. The van der Waals surface area contributed by atoms with E-state index in [0.29, 0.717) is 0 Å². The van der Waals surface area contributed by atoms with Crippen LogP contribution in [-0.2, 0) is 58.7 Å². The first-order valence-electron chi connectivity index (χ1n) is 14.1. The minimum Gasteiger partial charge on any atom is -0.505 e. The summed E-state index contributed by atoms with van der Waals surface area (Å²) < 4.78 is 145. The Labute approximate surface area is 308 Å². The summed E-state index contributed by atoms with van der Waals surface area (Å²) in [4.78, 5) is -1.29. The topological polar surface area (TPSA) is 325 Å². The van der Waals surface area contributed by atoms with Crippen LogP contribution in [0.2, 0.25) is 0 Å². The van der Waals surface area contributed by atoms with E-state index in [0.717, 1.165) is 36.6 Å². The summed E-state index contributed by atoms with van der Waals surface area (Å²) in [6.07, 6.45) is 0.767. The molecular formula is C27H27N5O15S6. The lowest BCUT2D eigenvalue weighted by molar-refractivity contribution is 0.284. The molecule has 4 aromatic carbocycles. The zero-order chi connectivity index (χ0) is 39.6. The minimum atomic E-state index is -5.01. The van der Waals surface area contributed by atoms with Gasteiger partial charge in [-0.15, -0.1) is 22.9 Å². The van der Waals surface area contributed by atoms with Gasteiger partial charge in [-0.1, -0.05) is 0 Å². The van der Waals surface area contributed by atoms with E-state index in [1.54, 1.807) is 0 Å². The first kappa shape index (κ1) is 41.6. The maximum Gasteiger partial charge on any atom is 0.397 e. The number of nitrogen functional groups attached to an aromatic ring is 1. The first-order chi connectivity index (χ1) is 24.4. The van der Waals surface area contributed by atoms with Crippen LogP contribution in [0.3, 0.4) is 0 Å². The van der Waals surface area contributed by atoms with Crippen LogP contribution in [0, 0.1) is 0 Å². The van der Waals surface area contributed by atoms with Gasteiger partial charge in [0.15, 0.2) is 25.4 Å². The highest BCUT2D eigenvalue weighted by Crippen LogP contribution is 2.48. The van der Waals surface area contributed by atoms with Gasteiger partial charge in [-0.05, 0) is 66.0 Å². The smallest absolute Gasteiger partial charge is 0.397 e. The van der Waals surface area contributed by atoms with Crippen LogP contribution in [0.5, 0.6) is 5.75 Å². The fourth-order valence-corrected chi connectivity index (χ4v) is 8.39. The van der Waals surface area contributed by atoms with Gasteiger partial charge in [0.1, 0.15) is 16.3 Å². The van der Waals surface area contributed by atoms with Gasteiger partial charge < -0.3 is 10.8 Å². The number of phenols is 1. The Bertz CT molecular complexity index is 2690. The summed E-state index contributed by atoms with van der Waals surface area (Å²) in [5, 5.41) is 26.6. The van der Waals surface area contributed by atoms with Gasteiger partial charge in [0.25, 0.3) is 20.2 Å². The number of hydrogen-bond acceptors (Lipinski definition) is 19. The van der Waals surface area contributed by atoms with Gasteiger partial charge in [-0.2, -0.15) is 35.5 Å². The Morgan fingerprint density at radius 3 is 1.57 bits per heavy atom. The Hall–Kier alpha value is -4.12. The lowest BCUT2D eigenvalue weighted by Gasteiger charge is -2.13. The van der Waals surface area contributed by atoms with Gasteiger partial charge in [-0.25, -0.2) is 21.0 Å². The van der Waals surface area contributed by atoms with E-state index >= 15 is 0 Å². The number of fused-ring (bicyclic) bond motifs is 1. The van der Waals surface area contributed by atoms with Crippen molar-refractivity contribution in [3.8, 4) is 5.75 Å². The molecule has 0 aliphatic heterocycles. The van der Waals surface area contributed by atoms with Crippen molar-refractivity contribution in [2.45, 2.75) is 19.6 Å². The van der Waals surface area contributed by atoms with E-state index in [-0.39, 0.29) is 42.5 Å². The normalized spacial score (nSPS) is 13.4. The van der Waals surface area contributed by atoms with Crippen LogP contribution in [0.1, 0.15) is 0 Å². The average Bonchev–Trinajstić information content (AvgIpc) is 3.02.